The minimum atomic E-state index is -0.401. The maximum Gasteiger partial charge on any atom is 0.128 e. The molecule has 0 saturated heterocycles. The second-order valence-corrected chi connectivity index (χ2v) is 4.26. The van der Waals surface area contributed by atoms with E-state index in [0.717, 1.165) is 6.42 Å². The van der Waals surface area contributed by atoms with E-state index in [1.165, 1.54) is 12.1 Å². The van der Waals surface area contributed by atoms with Crippen LogP contribution in [0.1, 0.15) is 18.4 Å². The fraction of sp³-hybridized carbons (Fsp3) is 0.500. The van der Waals surface area contributed by atoms with Crippen molar-refractivity contribution in [2.75, 3.05) is 40.1 Å². The molecule has 0 saturated carbocycles. The van der Waals surface area contributed by atoms with Gasteiger partial charge in [-0.15, -0.1) is 0 Å². The van der Waals surface area contributed by atoms with Crippen molar-refractivity contribution in [3.05, 3.63) is 29.6 Å². The molecule has 0 aliphatic heterocycles. The molecule has 1 aromatic rings. The Hall–Kier alpha value is -1.61. The molecule has 0 aromatic heterocycles. The van der Waals surface area contributed by atoms with E-state index in [1.807, 2.05) is 0 Å². The van der Waals surface area contributed by atoms with E-state index in [4.69, 9.17) is 19.3 Å². The first kappa shape index (κ1) is 17.4. The van der Waals surface area contributed by atoms with Gasteiger partial charge in [-0.1, -0.05) is 11.8 Å². The van der Waals surface area contributed by atoms with Crippen LogP contribution in [0, 0.1) is 17.7 Å². The van der Waals surface area contributed by atoms with Crippen molar-refractivity contribution in [3.63, 3.8) is 0 Å². The summed E-state index contributed by atoms with van der Waals surface area (Å²) >= 11 is 0. The maximum absolute atomic E-state index is 13.4. The molecule has 0 unspecified atom stereocenters. The topological polar surface area (TPSA) is 47.9 Å². The summed E-state index contributed by atoms with van der Waals surface area (Å²) in [5.41, 5.74) is 0.527. The highest BCUT2D eigenvalue weighted by Gasteiger charge is 2.00. The van der Waals surface area contributed by atoms with Crippen LogP contribution in [0.15, 0.2) is 18.2 Å². The summed E-state index contributed by atoms with van der Waals surface area (Å²) in [6, 6.07) is 4.30. The summed E-state index contributed by atoms with van der Waals surface area (Å²) in [5, 5.41) is 8.65. The van der Waals surface area contributed by atoms with Crippen molar-refractivity contribution < 1.29 is 23.7 Å². The third kappa shape index (κ3) is 8.30. The first-order valence-electron chi connectivity index (χ1n) is 6.86. The number of aliphatic hydroxyl groups is 1. The Morgan fingerprint density at radius 3 is 2.76 bits per heavy atom. The number of aliphatic hydroxyl groups excluding tert-OH is 1. The van der Waals surface area contributed by atoms with Crippen LogP contribution in [0.25, 0.3) is 0 Å². The van der Waals surface area contributed by atoms with Gasteiger partial charge in [0.15, 0.2) is 0 Å². The lowest BCUT2D eigenvalue weighted by atomic mass is 10.2. The van der Waals surface area contributed by atoms with Gasteiger partial charge in [0.05, 0.1) is 13.2 Å². The Labute approximate surface area is 124 Å². The number of methoxy groups -OCH3 is 1. The predicted octanol–water partition coefficient (Wildman–Crippen LogP) is 1.99. The third-order valence-electron chi connectivity index (χ3n) is 2.47. The zero-order valence-electron chi connectivity index (χ0n) is 12.2. The molecule has 21 heavy (non-hydrogen) atoms. The molecule has 116 valence electrons. The van der Waals surface area contributed by atoms with Crippen molar-refractivity contribution in [1.29, 1.82) is 0 Å². The Bertz CT molecular complexity index is 465. The maximum atomic E-state index is 13.4. The molecule has 1 aromatic carbocycles. The zero-order chi connectivity index (χ0) is 15.3. The molecule has 0 aliphatic carbocycles. The van der Waals surface area contributed by atoms with E-state index in [0.29, 0.717) is 44.2 Å². The molecule has 0 radical (unpaired) electrons. The van der Waals surface area contributed by atoms with Gasteiger partial charge in [-0.2, -0.15) is 0 Å². The van der Waals surface area contributed by atoms with Crippen LogP contribution in [0.5, 0.6) is 5.75 Å². The summed E-state index contributed by atoms with van der Waals surface area (Å²) in [7, 11) is 1.65. The van der Waals surface area contributed by atoms with E-state index in [1.54, 1.807) is 13.2 Å². The van der Waals surface area contributed by atoms with Gasteiger partial charge in [0, 0.05) is 38.4 Å². The highest BCUT2D eigenvalue weighted by molar-refractivity contribution is 5.40. The van der Waals surface area contributed by atoms with Gasteiger partial charge >= 0.3 is 0 Å². The number of benzene rings is 1. The van der Waals surface area contributed by atoms with Crippen LogP contribution in [0.3, 0.4) is 0 Å². The van der Waals surface area contributed by atoms with E-state index >= 15 is 0 Å². The fourth-order valence-electron chi connectivity index (χ4n) is 1.56. The smallest absolute Gasteiger partial charge is 0.128 e. The minimum absolute atomic E-state index is 0.00785. The van der Waals surface area contributed by atoms with Crippen LogP contribution in [0.2, 0.25) is 0 Å². The van der Waals surface area contributed by atoms with Gasteiger partial charge in [0.1, 0.15) is 18.2 Å². The fourth-order valence-corrected chi connectivity index (χ4v) is 1.56. The largest absolute Gasteiger partial charge is 0.491 e. The quantitative estimate of drug-likeness (QED) is 0.559. The number of halogens is 1. The van der Waals surface area contributed by atoms with Gasteiger partial charge in [-0.3, -0.25) is 0 Å². The van der Waals surface area contributed by atoms with Crippen molar-refractivity contribution in [2.45, 2.75) is 12.8 Å². The second-order valence-electron chi connectivity index (χ2n) is 4.26. The SMILES string of the molecule is COCCCOCCOc1cc(F)cc(C#CCCO)c1. The Morgan fingerprint density at radius 2 is 2.00 bits per heavy atom. The van der Waals surface area contributed by atoms with E-state index < -0.39 is 5.82 Å². The highest BCUT2D eigenvalue weighted by Crippen LogP contribution is 2.15. The molecule has 0 fully saturated rings. The Kier molecular flexibility index (Phi) is 9.21. The molecular weight excluding hydrogens is 275 g/mol. The second kappa shape index (κ2) is 11.1. The number of hydrogen-bond acceptors (Lipinski definition) is 4. The average molecular weight is 296 g/mol. The minimum Gasteiger partial charge on any atom is -0.491 e. The van der Waals surface area contributed by atoms with Crippen molar-refractivity contribution in [1.82, 2.24) is 0 Å². The van der Waals surface area contributed by atoms with Crippen LogP contribution >= 0.6 is 0 Å². The first-order chi connectivity index (χ1) is 10.3. The Balaban J connectivity index is 2.36. The molecule has 0 amide bonds. The Morgan fingerprint density at radius 1 is 1.14 bits per heavy atom. The molecule has 0 spiro atoms. The molecule has 1 N–H and O–H groups in total. The molecule has 1 rings (SSSR count). The summed E-state index contributed by atoms with van der Waals surface area (Å²) < 4.78 is 29.1. The third-order valence-corrected chi connectivity index (χ3v) is 2.47. The number of rotatable bonds is 9. The lowest BCUT2D eigenvalue weighted by Crippen LogP contribution is -2.08. The molecule has 4 nitrogen and oxygen atoms in total. The van der Waals surface area contributed by atoms with Crippen LogP contribution in [-0.4, -0.2) is 45.3 Å². The molecule has 0 aliphatic rings. The molecular formula is C16H21FO4. The first-order valence-corrected chi connectivity index (χ1v) is 6.86. The normalized spacial score (nSPS) is 10.0. The highest BCUT2D eigenvalue weighted by atomic mass is 19.1. The van der Waals surface area contributed by atoms with E-state index in [9.17, 15) is 4.39 Å². The van der Waals surface area contributed by atoms with Crippen LogP contribution in [0.4, 0.5) is 4.39 Å². The summed E-state index contributed by atoms with van der Waals surface area (Å²) in [4.78, 5) is 0. The standard InChI is InChI=1S/C16H21FO4/c1-19-7-4-8-20-9-10-21-16-12-14(5-2-3-6-18)11-15(17)13-16/h11-13,18H,3-4,6-10H2,1H3. The monoisotopic (exact) mass is 296 g/mol. The zero-order valence-corrected chi connectivity index (χ0v) is 12.2. The van der Waals surface area contributed by atoms with E-state index in [2.05, 4.69) is 11.8 Å². The average Bonchev–Trinajstić information content (AvgIpc) is 2.46. The lowest BCUT2D eigenvalue weighted by Gasteiger charge is -2.07. The molecule has 0 atom stereocenters. The molecule has 0 bridgehead atoms. The number of ether oxygens (including phenoxy) is 3. The van der Waals surface area contributed by atoms with Crippen LogP contribution in [-0.2, 0) is 9.47 Å². The van der Waals surface area contributed by atoms with Gasteiger partial charge < -0.3 is 19.3 Å². The summed E-state index contributed by atoms with van der Waals surface area (Å²) in [5.74, 6) is 5.54. The van der Waals surface area contributed by atoms with Crippen LogP contribution < -0.4 is 4.74 Å². The molecule has 0 heterocycles. The van der Waals surface area contributed by atoms with Gasteiger partial charge in [0.2, 0.25) is 0 Å². The van der Waals surface area contributed by atoms with Gasteiger partial charge in [-0.05, 0) is 18.6 Å². The lowest BCUT2D eigenvalue weighted by molar-refractivity contribution is 0.0805. The van der Waals surface area contributed by atoms with Crippen molar-refractivity contribution in [3.8, 4) is 17.6 Å². The summed E-state index contributed by atoms with van der Waals surface area (Å²) in [6.07, 6.45) is 1.20. The number of hydrogen-bond donors (Lipinski definition) is 1. The van der Waals surface area contributed by atoms with E-state index in [-0.39, 0.29) is 6.61 Å². The van der Waals surface area contributed by atoms with Gasteiger partial charge in [0.25, 0.3) is 0 Å². The van der Waals surface area contributed by atoms with Crippen molar-refractivity contribution >= 4 is 0 Å². The predicted molar refractivity (Wildman–Crippen MR) is 77.8 cm³/mol. The molecule has 5 heteroatoms. The summed E-state index contributed by atoms with van der Waals surface area (Å²) in [6.45, 7) is 2.05. The van der Waals surface area contributed by atoms with Gasteiger partial charge in [-0.25, -0.2) is 4.39 Å². The van der Waals surface area contributed by atoms with Crippen molar-refractivity contribution in [2.24, 2.45) is 0 Å².